The third kappa shape index (κ3) is 11.4. The Balaban J connectivity index is 4.63. The Hall–Kier alpha value is -0.140. The molecule has 0 radical (unpaired) electrons. The molecule has 0 fully saturated rings. The van der Waals surface area contributed by atoms with E-state index in [1.165, 1.54) is 0 Å². The molecule has 1 amide bonds. The number of amides is 1. The first-order valence-electron chi connectivity index (χ1n) is 6.09. The van der Waals surface area contributed by atoms with Crippen molar-refractivity contribution in [3.8, 4) is 0 Å². The number of nitrogens with zero attached hydrogens (tertiary/aromatic N) is 1. The molecule has 0 bridgehead atoms. The molecule has 12 nitrogen and oxygen atoms in total. The summed E-state index contributed by atoms with van der Waals surface area (Å²) in [6.45, 7) is 0. The first kappa shape index (κ1) is 23.9. The largest absolute Gasteiger partial charge is 0.480 e. The summed E-state index contributed by atoms with van der Waals surface area (Å²) in [6, 6.07) is -2.39. The smallest absolute Gasteiger partial charge is 0.344 e. The van der Waals surface area contributed by atoms with E-state index < -0.39 is 51.7 Å². The average molecular weight is 427 g/mol. The van der Waals surface area contributed by atoms with E-state index in [9.17, 15) is 18.7 Å². The van der Waals surface area contributed by atoms with E-state index in [4.69, 9.17) is 36.1 Å². The second-order valence-electron chi connectivity index (χ2n) is 4.61. The highest BCUT2D eigenvalue weighted by atomic mass is 33.1. The minimum atomic E-state index is -4.74. The molecule has 0 saturated heterocycles. The zero-order chi connectivity index (χ0) is 19.1. The van der Waals surface area contributed by atoms with Crippen LogP contribution in [0.2, 0.25) is 0 Å². The molecule has 24 heavy (non-hydrogen) atoms. The summed E-state index contributed by atoms with van der Waals surface area (Å²) >= 11 is 0. The number of aliphatic carboxylic acids is 1. The molecular formula is C8H19N3O9P2S2. The van der Waals surface area contributed by atoms with Gasteiger partial charge in [0, 0.05) is 11.5 Å². The molecule has 0 aliphatic carbocycles. The Morgan fingerprint density at radius 3 is 1.62 bits per heavy atom. The van der Waals surface area contributed by atoms with Gasteiger partial charge in [-0.15, -0.1) is 0 Å². The van der Waals surface area contributed by atoms with E-state index in [-0.39, 0.29) is 11.5 Å². The lowest BCUT2D eigenvalue weighted by Gasteiger charge is -2.25. The highest BCUT2D eigenvalue weighted by molar-refractivity contribution is 8.76. The average Bonchev–Trinajstić information content (AvgIpc) is 2.38. The highest BCUT2D eigenvalue weighted by Crippen LogP contribution is 2.41. The fourth-order valence-electron chi connectivity index (χ4n) is 1.25. The normalized spacial score (nSPS) is 14.9. The van der Waals surface area contributed by atoms with E-state index in [0.717, 1.165) is 21.6 Å². The fourth-order valence-corrected chi connectivity index (χ4v) is 5.00. The lowest BCUT2D eigenvalue weighted by Crippen LogP contribution is -2.45. The van der Waals surface area contributed by atoms with Gasteiger partial charge in [0.25, 0.3) is 0 Å². The van der Waals surface area contributed by atoms with Crippen molar-refractivity contribution in [2.24, 2.45) is 11.5 Å². The predicted molar refractivity (Wildman–Crippen MR) is 89.2 cm³/mol. The molecule has 0 rings (SSSR count). The van der Waals surface area contributed by atoms with Crippen LogP contribution >= 0.6 is 36.8 Å². The van der Waals surface area contributed by atoms with Gasteiger partial charge in [-0.05, 0) is 0 Å². The Morgan fingerprint density at radius 2 is 1.29 bits per heavy atom. The lowest BCUT2D eigenvalue weighted by atomic mass is 10.3. The molecule has 2 atom stereocenters. The van der Waals surface area contributed by atoms with Crippen molar-refractivity contribution in [3.63, 3.8) is 0 Å². The first-order chi connectivity index (χ1) is 10.7. The van der Waals surface area contributed by atoms with Crippen LogP contribution in [-0.4, -0.2) is 77.6 Å². The quantitative estimate of drug-likeness (QED) is 0.110. The van der Waals surface area contributed by atoms with E-state index in [2.05, 4.69) is 0 Å². The summed E-state index contributed by atoms with van der Waals surface area (Å²) in [5, 5.41) is 8.59. The Bertz CT molecular complexity index is 515. The van der Waals surface area contributed by atoms with Gasteiger partial charge in [-0.1, -0.05) is 21.6 Å². The fraction of sp³-hybridized carbons (Fsp3) is 0.750. The number of nitrogens with two attached hydrogens (primary N) is 2. The standard InChI is InChI=1S/C8H19N3O9P2S2/c9-5(1-23-24-2-6(10)8(13)14)7(12)11(3-21(15,16)17)4-22(18,19)20/h5-6H,1-4,9-10H2,(H,13,14)(H2,15,16,17)(H2,18,19,20)/t5-,6-/m0/s1. The van der Waals surface area contributed by atoms with Crippen LogP contribution in [0, 0.1) is 0 Å². The molecule has 0 aromatic rings. The van der Waals surface area contributed by atoms with Crippen LogP contribution < -0.4 is 11.5 Å². The highest BCUT2D eigenvalue weighted by Gasteiger charge is 2.32. The van der Waals surface area contributed by atoms with Crippen molar-refractivity contribution in [2.45, 2.75) is 12.1 Å². The lowest BCUT2D eigenvalue weighted by molar-refractivity contribution is -0.138. The molecule has 0 aromatic carbocycles. The third-order valence-corrected chi connectivity index (χ3v) is 6.13. The summed E-state index contributed by atoms with van der Waals surface area (Å²) in [5.74, 6) is -2.28. The summed E-state index contributed by atoms with van der Waals surface area (Å²) in [5.41, 5.74) is 10.8. The van der Waals surface area contributed by atoms with Gasteiger partial charge in [-0.2, -0.15) is 0 Å². The Morgan fingerprint density at radius 1 is 0.917 bits per heavy atom. The van der Waals surface area contributed by atoms with Crippen LogP contribution in [0.3, 0.4) is 0 Å². The van der Waals surface area contributed by atoms with E-state index in [0.29, 0.717) is 4.90 Å². The van der Waals surface area contributed by atoms with Crippen molar-refractivity contribution in [2.75, 3.05) is 24.1 Å². The molecule has 0 saturated carbocycles. The van der Waals surface area contributed by atoms with Gasteiger partial charge >= 0.3 is 21.2 Å². The zero-order valence-corrected chi connectivity index (χ0v) is 15.6. The maximum absolute atomic E-state index is 12.0. The van der Waals surface area contributed by atoms with Crippen LogP contribution in [-0.2, 0) is 18.7 Å². The molecule has 142 valence electrons. The number of rotatable bonds is 11. The summed E-state index contributed by atoms with van der Waals surface area (Å²) < 4.78 is 22.0. The maximum atomic E-state index is 12.0. The summed E-state index contributed by atoms with van der Waals surface area (Å²) in [7, 11) is -7.46. The number of hydrogen-bond acceptors (Lipinski definition) is 8. The SMILES string of the molecule is N[C@@H](CSSC[C@H](N)C(=O)N(CP(=O)(O)O)CP(=O)(O)O)C(=O)O. The molecule has 0 aliphatic heterocycles. The van der Waals surface area contributed by atoms with Crippen LogP contribution in [0.5, 0.6) is 0 Å². The van der Waals surface area contributed by atoms with Gasteiger partial charge in [-0.25, -0.2) is 0 Å². The summed E-state index contributed by atoms with van der Waals surface area (Å²) in [6.07, 6.45) is -2.35. The molecule has 16 heteroatoms. The van der Waals surface area contributed by atoms with Gasteiger partial charge < -0.3 is 41.0 Å². The van der Waals surface area contributed by atoms with Gasteiger partial charge in [0.05, 0.1) is 6.04 Å². The number of carbonyl (C=O) groups excluding carboxylic acids is 1. The predicted octanol–water partition coefficient (Wildman–Crippen LogP) is -1.79. The van der Waals surface area contributed by atoms with Crippen LogP contribution in [0.4, 0.5) is 0 Å². The van der Waals surface area contributed by atoms with Crippen molar-refractivity contribution >= 4 is 48.7 Å². The van der Waals surface area contributed by atoms with Crippen LogP contribution in [0.25, 0.3) is 0 Å². The number of hydrogen-bond donors (Lipinski definition) is 7. The topological polar surface area (TPSA) is 225 Å². The number of carboxylic acid groups (broad SMARTS) is 1. The molecule has 0 unspecified atom stereocenters. The van der Waals surface area contributed by atoms with Crippen molar-refractivity contribution in [1.29, 1.82) is 0 Å². The van der Waals surface area contributed by atoms with Crippen LogP contribution in [0.1, 0.15) is 0 Å². The minimum Gasteiger partial charge on any atom is -0.480 e. The third-order valence-electron chi connectivity index (χ3n) is 2.23. The molecule has 0 heterocycles. The second kappa shape index (κ2) is 10.1. The van der Waals surface area contributed by atoms with Gasteiger partial charge in [0.1, 0.15) is 18.6 Å². The molecule has 0 aromatic heterocycles. The van der Waals surface area contributed by atoms with Crippen molar-refractivity contribution in [3.05, 3.63) is 0 Å². The Labute approximate surface area is 145 Å². The number of carboxylic acids is 1. The van der Waals surface area contributed by atoms with E-state index in [1.807, 2.05) is 0 Å². The van der Waals surface area contributed by atoms with Crippen molar-refractivity contribution in [1.82, 2.24) is 4.90 Å². The zero-order valence-electron chi connectivity index (χ0n) is 12.2. The second-order valence-corrected chi connectivity index (χ2v) is 10.4. The molecule has 0 aliphatic rings. The van der Waals surface area contributed by atoms with E-state index in [1.54, 1.807) is 0 Å². The van der Waals surface area contributed by atoms with Gasteiger partial charge in [0.2, 0.25) is 5.91 Å². The van der Waals surface area contributed by atoms with Crippen LogP contribution in [0.15, 0.2) is 0 Å². The monoisotopic (exact) mass is 427 g/mol. The molecular weight excluding hydrogens is 408 g/mol. The van der Waals surface area contributed by atoms with Gasteiger partial charge in [-0.3, -0.25) is 18.7 Å². The number of carbonyl (C=O) groups is 2. The van der Waals surface area contributed by atoms with Gasteiger partial charge in [0.15, 0.2) is 0 Å². The summed E-state index contributed by atoms with van der Waals surface area (Å²) in [4.78, 5) is 58.4. The molecule has 9 N–H and O–H groups in total. The maximum Gasteiger partial charge on any atom is 0.344 e. The Kier molecular flexibility index (Phi) is 10.1. The van der Waals surface area contributed by atoms with Crippen molar-refractivity contribution < 1.29 is 43.4 Å². The van der Waals surface area contributed by atoms with E-state index >= 15 is 0 Å². The minimum absolute atomic E-state index is 0.0373. The molecule has 0 spiro atoms. The first-order valence-corrected chi connectivity index (χ1v) is 12.2.